The second-order valence-electron chi connectivity index (χ2n) is 6.60. The molecule has 0 aromatic heterocycles. The largest absolute Gasteiger partial charge is 0.469 e. The van der Waals surface area contributed by atoms with Gasteiger partial charge in [0, 0.05) is 25.1 Å². The fourth-order valence-corrected chi connectivity index (χ4v) is 4.32. The summed E-state index contributed by atoms with van der Waals surface area (Å²) in [5, 5.41) is 0. The molecule has 132 valence electrons. The quantitative estimate of drug-likeness (QED) is 0.609. The Labute approximate surface area is 141 Å². The number of halogens is 1. The molecule has 1 aromatic carbocycles. The molecule has 2 heterocycles. The molecule has 2 fully saturated rings. The van der Waals surface area contributed by atoms with Gasteiger partial charge in [0.25, 0.3) is 0 Å². The van der Waals surface area contributed by atoms with Gasteiger partial charge in [0.15, 0.2) is 0 Å². The molecule has 2 aliphatic rings. The molecule has 6 heteroatoms. The van der Waals surface area contributed by atoms with Gasteiger partial charge in [-0.2, -0.15) is 0 Å². The number of ether oxygens (including phenoxy) is 3. The Morgan fingerprint density at radius 3 is 2.58 bits per heavy atom. The molecule has 0 spiro atoms. The van der Waals surface area contributed by atoms with E-state index in [0.717, 1.165) is 18.4 Å². The molecule has 24 heavy (non-hydrogen) atoms. The lowest BCUT2D eigenvalue weighted by Gasteiger charge is -2.42. The zero-order valence-corrected chi connectivity index (χ0v) is 14.3. The van der Waals surface area contributed by atoms with E-state index in [0.29, 0.717) is 6.04 Å². The Kier molecular flexibility index (Phi) is 5.18. The number of piperidine rings is 1. The first kappa shape index (κ1) is 17.3. The van der Waals surface area contributed by atoms with Crippen LogP contribution in [0.5, 0.6) is 0 Å². The lowest BCUT2D eigenvalue weighted by atomic mass is 9.76. The number of carbonyl (C=O) groups is 1. The van der Waals surface area contributed by atoms with Crippen molar-refractivity contribution in [2.75, 3.05) is 28.1 Å². The van der Waals surface area contributed by atoms with Gasteiger partial charge < -0.3 is 14.2 Å². The van der Waals surface area contributed by atoms with Gasteiger partial charge in [0.05, 0.1) is 19.1 Å². The highest BCUT2D eigenvalue weighted by atomic mass is 19.1. The van der Waals surface area contributed by atoms with Crippen LogP contribution >= 0.6 is 0 Å². The van der Waals surface area contributed by atoms with E-state index in [9.17, 15) is 9.18 Å². The van der Waals surface area contributed by atoms with E-state index in [1.807, 2.05) is 7.05 Å². The van der Waals surface area contributed by atoms with Crippen molar-refractivity contribution in [2.24, 2.45) is 5.92 Å². The van der Waals surface area contributed by atoms with Gasteiger partial charge in [-0.1, -0.05) is 12.1 Å². The number of rotatable bonds is 5. The third kappa shape index (κ3) is 3.06. The van der Waals surface area contributed by atoms with Crippen LogP contribution in [0, 0.1) is 11.7 Å². The van der Waals surface area contributed by atoms with E-state index in [2.05, 4.69) is 4.90 Å². The van der Waals surface area contributed by atoms with Crippen molar-refractivity contribution < 1.29 is 23.4 Å². The summed E-state index contributed by atoms with van der Waals surface area (Å²) in [7, 11) is 5.03. The van der Waals surface area contributed by atoms with Crippen molar-refractivity contribution in [3.63, 3.8) is 0 Å². The normalized spacial score (nSPS) is 32.8. The number of hydrogen-bond donors (Lipinski definition) is 0. The van der Waals surface area contributed by atoms with Crippen molar-refractivity contribution in [3.8, 4) is 0 Å². The second-order valence-corrected chi connectivity index (χ2v) is 6.60. The molecule has 2 bridgehead atoms. The molecule has 0 aliphatic carbocycles. The van der Waals surface area contributed by atoms with Crippen molar-refractivity contribution in [1.82, 2.24) is 4.90 Å². The molecular weight excluding hydrogens is 313 g/mol. The maximum Gasteiger partial charge on any atom is 0.310 e. The summed E-state index contributed by atoms with van der Waals surface area (Å²) in [5.74, 6) is -0.857. The Bertz CT molecular complexity index is 579. The second kappa shape index (κ2) is 7.17. The smallest absolute Gasteiger partial charge is 0.310 e. The maximum atomic E-state index is 13.3. The highest BCUT2D eigenvalue weighted by Crippen LogP contribution is 2.47. The van der Waals surface area contributed by atoms with Gasteiger partial charge in [0.2, 0.25) is 0 Å². The van der Waals surface area contributed by atoms with E-state index in [1.165, 1.54) is 19.2 Å². The van der Waals surface area contributed by atoms with Crippen molar-refractivity contribution in [1.29, 1.82) is 0 Å². The third-order valence-electron chi connectivity index (χ3n) is 5.43. The number of fused-ring (bicyclic) bond motifs is 2. The van der Waals surface area contributed by atoms with Crippen molar-refractivity contribution >= 4 is 5.97 Å². The van der Waals surface area contributed by atoms with Gasteiger partial charge in [0.1, 0.15) is 12.6 Å². The topological polar surface area (TPSA) is 48.0 Å². The third-order valence-corrected chi connectivity index (χ3v) is 5.43. The molecule has 0 radical (unpaired) electrons. The average molecular weight is 337 g/mol. The van der Waals surface area contributed by atoms with Crippen LogP contribution in [0.4, 0.5) is 4.39 Å². The van der Waals surface area contributed by atoms with Crippen molar-refractivity contribution in [3.05, 3.63) is 35.6 Å². The summed E-state index contributed by atoms with van der Waals surface area (Å²) in [6.07, 6.45) is 1.61. The minimum atomic E-state index is -0.342. The number of methoxy groups -OCH3 is 2. The van der Waals surface area contributed by atoms with Gasteiger partial charge >= 0.3 is 5.97 Å². The molecule has 5 nitrogen and oxygen atoms in total. The van der Waals surface area contributed by atoms with Gasteiger partial charge in [-0.15, -0.1) is 0 Å². The number of esters is 1. The van der Waals surface area contributed by atoms with E-state index in [-0.39, 0.29) is 42.6 Å². The lowest BCUT2D eigenvalue weighted by Crippen LogP contribution is -2.52. The summed E-state index contributed by atoms with van der Waals surface area (Å²) in [6, 6.07) is 6.69. The zero-order valence-electron chi connectivity index (χ0n) is 14.3. The number of nitrogens with zero attached hydrogens (tertiary/aromatic N) is 1. The van der Waals surface area contributed by atoms with Crippen LogP contribution in [0.3, 0.4) is 0 Å². The minimum absolute atomic E-state index is 0.000366. The molecule has 0 N–H and O–H groups in total. The number of benzene rings is 1. The summed E-state index contributed by atoms with van der Waals surface area (Å²) in [4.78, 5) is 14.8. The first-order chi connectivity index (χ1) is 11.6. The Balaban J connectivity index is 1.93. The monoisotopic (exact) mass is 337 g/mol. The zero-order chi connectivity index (χ0) is 17.3. The molecular formula is C18H24FNO4. The minimum Gasteiger partial charge on any atom is -0.469 e. The van der Waals surface area contributed by atoms with Gasteiger partial charge in [-0.05, 0) is 37.6 Å². The molecule has 2 saturated heterocycles. The standard InChI is InChI=1S/C18H24FNO4/c1-20-13-8-14(11-4-6-12(19)7-5-11)16(18(21)23-3)17(20)15(9-13)24-10-22-2/h4-7,13-17H,8-10H2,1-3H3. The average Bonchev–Trinajstić information content (AvgIpc) is 2.79. The molecule has 5 unspecified atom stereocenters. The molecule has 0 amide bonds. The van der Waals surface area contributed by atoms with Crippen LogP contribution in [0.1, 0.15) is 24.3 Å². The van der Waals surface area contributed by atoms with Crippen LogP contribution in [0.15, 0.2) is 24.3 Å². The first-order valence-electron chi connectivity index (χ1n) is 8.22. The van der Waals surface area contributed by atoms with Crippen LogP contribution in [0.2, 0.25) is 0 Å². The predicted molar refractivity (Wildman–Crippen MR) is 86.0 cm³/mol. The summed E-state index contributed by atoms with van der Waals surface area (Å²) in [6.45, 7) is 0.205. The fourth-order valence-electron chi connectivity index (χ4n) is 4.32. The van der Waals surface area contributed by atoms with Crippen LogP contribution in [-0.4, -0.2) is 57.1 Å². The molecule has 2 aliphatic heterocycles. The van der Waals surface area contributed by atoms with E-state index < -0.39 is 0 Å². The van der Waals surface area contributed by atoms with E-state index >= 15 is 0 Å². The summed E-state index contributed by atoms with van der Waals surface area (Å²) < 4.78 is 29.2. The molecule has 1 aromatic rings. The van der Waals surface area contributed by atoms with Crippen molar-refractivity contribution in [2.45, 2.75) is 36.9 Å². The number of carbonyl (C=O) groups excluding carboxylic acids is 1. The lowest BCUT2D eigenvalue weighted by molar-refractivity contribution is -0.154. The predicted octanol–water partition coefficient (Wildman–Crippen LogP) is 2.16. The number of hydrogen-bond acceptors (Lipinski definition) is 5. The number of likely N-dealkylation sites (N-methyl/N-ethyl adjacent to an activating group) is 1. The van der Waals surface area contributed by atoms with Crippen LogP contribution in [0.25, 0.3) is 0 Å². The van der Waals surface area contributed by atoms with Crippen LogP contribution in [-0.2, 0) is 19.0 Å². The Hall–Kier alpha value is -1.50. The SMILES string of the molecule is COCOC1CC2CC(c3ccc(F)cc3)C(C(=O)OC)C1N2C. The highest BCUT2D eigenvalue weighted by molar-refractivity contribution is 5.75. The Morgan fingerprint density at radius 1 is 1.25 bits per heavy atom. The van der Waals surface area contributed by atoms with E-state index in [4.69, 9.17) is 14.2 Å². The summed E-state index contributed by atoms with van der Waals surface area (Å²) in [5.41, 5.74) is 0.974. The maximum absolute atomic E-state index is 13.3. The summed E-state index contributed by atoms with van der Waals surface area (Å²) >= 11 is 0. The van der Waals surface area contributed by atoms with Gasteiger partial charge in [-0.3, -0.25) is 9.69 Å². The highest BCUT2D eigenvalue weighted by Gasteiger charge is 2.54. The first-order valence-corrected chi connectivity index (χ1v) is 8.22. The molecule has 3 rings (SSSR count). The van der Waals surface area contributed by atoms with E-state index in [1.54, 1.807) is 19.2 Å². The Morgan fingerprint density at radius 2 is 1.96 bits per heavy atom. The molecule has 0 saturated carbocycles. The fraction of sp³-hybridized carbons (Fsp3) is 0.611. The van der Waals surface area contributed by atoms with Gasteiger partial charge in [-0.25, -0.2) is 4.39 Å². The van der Waals surface area contributed by atoms with Crippen LogP contribution < -0.4 is 0 Å². The molecule has 5 atom stereocenters.